The van der Waals surface area contributed by atoms with Crippen molar-refractivity contribution in [1.82, 2.24) is 19.7 Å². The first-order valence-electron chi connectivity index (χ1n) is 5.06. The van der Waals surface area contributed by atoms with E-state index < -0.39 is 0 Å². The summed E-state index contributed by atoms with van der Waals surface area (Å²) in [5, 5.41) is 17.4. The molecule has 1 aromatic heterocycles. The van der Waals surface area contributed by atoms with E-state index in [1.165, 1.54) is 0 Å². The lowest BCUT2D eigenvalue weighted by molar-refractivity contribution is 0.0934. The normalized spacial score (nSPS) is 19.3. The first-order chi connectivity index (χ1) is 6.79. The number of rotatable bonds is 3. The zero-order valence-corrected chi connectivity index (χ0v) is 8.43. The van der Waals surface area contributed by atoms with Crippen molar-refractivity contribution in [1.29, 1.82) is 0 Å². The molecule has 0 saturated heterocycles. The maximum atomic E-state index is 9.52. The zero-order chi connectivity index (χ0) is 9.97. The number of nitrogens with zero attached hydrogens (tertiary/aromatic N) is 4. The maximum Gasteiger partial charge on any atom is 0.147 e. The summed E-state index contributed by atoms with van der Waals surface area (Å²) in [5.41, 5.74) is 0. The van der Waals surface area contributed by atoms with Gasteiger partial charge in [0.2, 0.25) is 0 Å². The SMILES string of the molecule is CCC(O)CN1CCn2cnnc2C1. The lowest BCUT2D eigenvalue weighted by Gasteiger charge is -2.28. The molecule has 1 aromatic rings. The largest absolute Gasteiger partial charge is 0.392 e. The third kappa shape index (κ3) is 1.93. The highest BCUT2D eigenvalue weighted by Crippen LogP contribution is 2.09. The Morgan fingerprint density at radius 3 is 3.21 bits per heavy atom. The lowest BCUT2D eigenvalue weighted by atomic mass is 10.2. The van der Waals surface area contributed by atoms with Crippen LogP contribution in [0, 0.1) is 0 Å². The highest BCUT2D eigenvalue weighted by atomic mass is 16.3. The molecule has 0 spiro atoms. The van der Waals surface area contributed by atoms with Crippen molar-refractivity contribution in [3.8, 4) is 0 Å². The molecule has 0 amide bonds. The summed E-state index contributed by atoms with van der Waals surface area (Å²) in [5.74, 6) is 1.000. The van der Waals surface area contributed by atoms with Crippen LogP contribution in [0.5, 0.6) is 0 Å². The number of fused-ring (bicyclic) bond motifs is 1. The zero-order valence-electron chi connectivity index (χ0n) is 8.43. The molecule has 0 fully saturated rings. The van der Waals surface area contributed by atoms with Gasteiger partial charge in [-0.05, 0) is 6.42 Å². The molecule has 0 radical (unpaired) electrons. The standard InChI is InChI=1S/C9H16N4O/c1-2-8(14)5-12-3-4-13-7-10-11-9(13)6-12/h7-8,14H,2-6H2,1H3. The maximum absolute atomic E-state index is 9.52. The Labute approximate surface area is 83.4 Å². The van der Waals surface area contributed by atoms with Crippen LogP contribution in [0.15, 0.2) is 6.33 Å². The van der Waals surface area contributed by atoms with Crippen molar-refractivity contribution in [3.05, 3.63) is 12.2 Å². The fourth-order valence-corrected chi connectivity index (χ4v) is 1.70. The smallest absolute Gasteiger partial charge is 0.147 e. The number of hydrogen-bond donors (Lipinski definition) is 1. The summed E-state index contributed by atoms with van der Waals surface area (Å²) in [6.45, 7) is 5.44. The van der Waals surface area contributed by atoms with E-state index in [0.29, 0.717) is 0 Å². The van der Waals surface area contributed by atoms with Crippen molar-refractivity contribution in [2.75, 3.05) is 13.1 Å². The predicted octanol–water partition coefficient (Wildman–Crippen LogP) is -0.135. The molecule has 1 atom stereocenters. The van der Waals surface area contributed by atoms with Crippen LogP contribution in [-0.4, -0.2) is 44.0 Å². The third-order valence-electron chi connectivity index (χ3n) is 2.66. The van der Waals surface area contributed by atoms with E-state index in [9.17, 15) is 5.11 Å². The van der Waals surface area contributed by atoms with Crippen molar-refractivity contribution in [2.45, 2.75) is 32.5 Å². The molecule has 1 unspecified atom stereocenters. The first kappa shape index (κ1) is 9.61. The van der Waals surface area contributed by atoms with Gasteiger partial charge in [-0.25, -0.2) is 0 Å². The Balaban J connectivity index is 1.94. The van der Waals surface area contributed by atoms with Gasteiger partial charge < -0.3 is 9.67 Å². The van der Waals surface area contributed by atoms with Crippen molar-refractivity contribution in [2.24, 2.45) is 0 Å². The second kappa shape index (κ2) is 4.06. The number of aromatic nitrogens is 3. The Morgan fingerprint density at radius 2 is 2.43 bits per heavy atom. The second-order valence-corrected chi connectivity index (χ2v) is 3.74. The van der Waals surface area contributed by atoms with Gasteiger partial charge in [-0.2, -0.15) is 0 Å². The van der Waals surface area contributed by atoms with E-state index in [4.69, 9.17) is 0 Å². The molecule has 0 aliphatic carbocycles. The summed E-state index contributed by atoms with van der Waals surface area (Å²) in [4.78, 5) is 2.22. The molecule has 1 aliphatic rings. The lowest BCUT2D eigenvalue weighted by Crippen LogP contribution is -2.38. The molecule has 5 nitrogen and oxygen atoms in total. The first-order valence-corrected chi connectivity index (χ1v) is 5.06. The molecule has 5 heteroatoms. The third-order valence-corrected chi connectivity index (χ3v) is 2.66. The van der Waals surface area contributed by atoms with Crippen LogP contribution in [0.25, 0.3) is 0 Å². The summed E-state index contributed by atoms with van der Waals surface area (Å²) in [7, 11) is 0. The van der Waals surface area contributed by atoms with E-state index in [0.717, 1.165) is 38.4 Å². The summed E-state index contributed by atoms with van der Waals surface area (Å²) in [6, 6.07) is 0. The fourth-order valence-electron chi connectivity index (χ4n) is 1.70. The molecule has 2 heterocycles. The average Bonchev–Trinajstić information content (AvgIpc) is 2.64. The van der Waals surface area contributed by atoms with Crippen LogP contribution in [0.2, 0.25) is 0 Å². The van der Waals surface area contributed by atoms with Gasteiger partial charge >= 0.3 is 0 Å². The average molecular weight is 196 g/mol. The molecule has 1 aliphatic heterocycles. The Bertz CT molecular complexity index is 299. The van der Waals surface area contributed by atoms with Gasteiger partial charge in [0.25, 0.3) is 0 Å². The minimum Gasteiger partial charge on any atom is -0.392 e. The number of aliphatic hydroxyl groups is 1. The van der Waals surface area contributed by atoms with Crippen LogP contribution in [0.4, 0.5) is 0 Å². The van der Waals surface area contributed by atoms with Crippen LogP contribution >= 0.6 is 0 Å². The van der Waals surface area contributed by atoms with Crippen molar-refractivity contribution >= 4 is 0 Å². The summed E-state index contributed by atoms with van der Waals surface area (Å²) in [6.07, 6.45) is 2.36. The number of aliphatic hydroxyl groups excluding tert-OH is 1. The van der Waals surface area contributed by atoms with Gasteiger partial charge in [-0.3, -0.25) is 4.90 Å². The van der Waals surface area contributed by atoms with Crippen molar-refractivity contribution in [3.63, 3.8) is 0 Å². The van der Waals surface area contributed by atoms with Gasteiger partial charge in [0.1, 0.15) is 12.2 Å². The minimum atomic E-state index is -0.218. The molecule has 0 bridgehead atoms. The van der Waals surface area contributed by atoms with E-state index in [1.807, 2.05) is 6.92 Å². The van der Waals surface area contributed by atoms with Crippen LogP contribution in [0.3, 0.4) is 0 Å². The molecule has 78 valence electrons. The van der Waals surface area contributed by atoms with Gasteiger partial charge in [0.15, 0.2) is 0 Å². The van der Waals surface area contributed by atoms with Gasteiger partial charge in [0, 0.05) is 19.6 Å². The van der Waals surface area contributed by atoms with Crippen LogP contribution in [-0.2, 0) is 13.1 Å². The Morgan fingerprint density at radius 1 is 1.57 bits per heavy atom. The number of β-amino-alcohol motifs (C(OH)–C–C–N with tert-alkyl or cyclic N) is 1. The van der Waals surface area contributed by atoms with Crippen LogP contribution < -0.4 is 0 Å². The topological polar surface area (TPSA) is 54.2 Å². The quantitative estimate of drug-likeness (QED) is 0.731. The molecular formula is C9H16N4O. The van der Waals surface area contributed by atoms with Crippen LogP contribution in [0.1, 0.15) is 19.2 Å². The Hall–Kier alpha value is -0.940. The molecule has 1 N–H and O–H groups in total. The molecule has 0 saturated carbocycles. The monoisotopic (exact) mass is 196 g/mol. The van der Waals surface area contributed by atoms with Gasteiger partial charge in [-0.1, -0.05) is 6.92 Å². The molecule has 14 heavy (non-hydrogen) atoms. The predicted molar refractivity (Wildman–Crippen MR) is 51.6 cm³/mol. The highest BCUT2D eigenvalue weighted by molar-refractivity contribution is 4.90. The summed E-state index contributed by atoms with van der Waals surface area (Å²) >= 11 is 0. The van der Waals surface area contributed by atoms with E-state index >= 15 is 0 Å². The summed E-state index contributed by atoms with van der Waals surface area (Å²) < 4.78 is 2.06. The van der Waals surface area contributed by atoms with E-state index in [2.05, 4.69) is 19.7 Å². The molecular weight excluding hydrogens is 180 g/mol. The second-order valence-electron chi connectivity index (χ2n) is 3.74. The van der Waals surface area contributed by atoms with Crippen molar-refractivity contribution < 1.29 is 5.11 Å². The fraction of sp³-hybridized carbons (Fsp3) is 0.778. The molecule has 0 aromatic carbocycles. The van der Waals surface area contributed by atoms with E-state index in [-0.39, 0.29) is 6.10 Å². The molecule has 2 rings (SSSR count). The Kier molecular flexibility index (Phi) is 2.79. The van der Waals surface area contributed by atoms with Gasteiger partial charge in [0.05, 0.1) is 12.6 Å². The van der Waals surface area contributed by atoms with Gasteiger partial charge in [-0.15, -0.1) is 10.2 Å². The minimum absolute atomic E-state index is 0.218. The van der Waals surface area contributed by atoms with E-state index in [1.54, 1.807) is 6.33 Å². The highest BCUT2D eigenvalue weighted by Gasteiger charge is 2.18. The number of hydrogen-bond acceptors (Lipinski definition) is 4.